The second kappa shape index (κ2) is 13.4. The molecule has 2 aromatic carbocycles. The Hall–Kier alpha value is -1.93. The number of aliphatic hydroxyl groups excluding tert-OH is 1. The number of benzene rings is 2. The molecule has 25 heavy (non-hydrogen) atoms. The molecule has 6 heteroatoms. The summed E-state index contributed by atoms with van der Waals surface area (Å²) in [7, 11) is 3.13. The van der Waals surface area contributed by atoms with Crippen molar-refractivity contribution in [2.75, 3.05) is 14.2 Å². The number of halogens is 2. The van der Waals surface area contributed by atoms with E-state index >= 15 is 0 Å². The van der Waals surface area contributed by atoms with Gasteiger partial charge >= 0.3 is 0 Å². The van der Waals surface area contributed by atoms with E-state index in [0.717, 1.165) is 11.1 Å². The van der Waals surface area contributed by atoms with E-state index in [4.69, 9.17) is 43.0 Å². The second-order valence-electron chi connectivity index (χ2n) is 4.49. The lowest BCUT2D eigenvalue weighted by atomic mass is 10.1. The Morgan fingerprint density at radius 3 is 1.72 bits per heavy atom. The molecule has 2 aromatic rings. The van der Waals surface area contributed by atoms with Gasteiger partial charge in [0.05, 0.1) is 33.3 Å². The van der Waals surface area contributed by atoms with Crippen LogP contribution in [-0.2, 0) is 13.0 Å². The molecule has 0 aliphatic carbocycles. The molecule has 0 unspecified atom stereocenters. The average molecular weight is 386 g/mol. The van der Waals surface area contributed by atoms with Crippen LogP contribution in [0.2, 0.25) is 10.0 Å². The Labute approximate surface area is 160 Å². The van der Waals surface area contributed by atoms with Crippen LogP contribution in [0.4, 0.5) is 0 Å². The molecule has 0 aliphatic rings. The fourth-order valence-corrected chi connectivity index (χ4v) is 2.26. The van der Waals surface area contributed by atoms with Crippen molar-refractivity contribution in [2.24, 2.45) is 0 Å². The Bertz CT molecular complexity index is 663. The van der Waals surface area contributed by atoms with Gasteiger partial charge in [0.25, 0.3) is 0 Å². The summed E-state index contributed by atoms with van der Waals surface area (Å²) in [5.41, 5.74) is 1.64. The highest BCUT2D eigenvalue weighted by atomic mass is 35.5. The molecule has 0 aliphatic heterocycles. The van der Waals surface area contributed by atoms with Crippen LogP contribution in [0.1, 0.15) is 26.0 Å². The number of nitriles is 1. The Morgan fingerprint density at radius 1 is 0.880 bits per heavy atom. The first-order chi connectivity index (χ1) is 11.0. The highest BCUT2D eigenvalue weighted by Crippen LogP contribution is 2.21. The smallest absolute Gasteiger partial charge is 0.120 e. The Balaban J connectivity index is 0. The third-order valence-corrected chi connectivity index (χ3v) is 3.24. The minimum Gasteiger partial charge on any atom is -0.497 e. The summed E-state index contributed by atoms with van der Waals surface area (Å²) >= 11 is 11.5. The molecule has 0 aromatic heterocycles. The molecule has 138 valence electrons. The van der Waals surface area contributed by atoms with E-state index in [1.165, 1.54) is 0 Å². The van der Waals surface area contributed by atoms with Gasteiger partial charge in [-0.2, -0.15) is 5.26 Å². The first kappa shape index (κ1) is 25.3. The zero-order chi connectivity index (χ0) is 17.2. The zero-order valence-electron chi connectivity index (χ0n) is 12.8. The first-order valence-corrected chi connectivity index (χ1v) is 7.42. The highest BCUT2D eigenvalue weighted by molar-refractivity contribution is 6.31. The number of rotatable bonds is 4. The van der Waals surface area contributed by atoms with Crippen molar-refractivity contribution in [1.82, 2.24) is 0 Å². The molecule has 4 nitrogen and oxygen atoms in total. The molecule has 0 radical (unpaired) electrons. The maximum Gasteiger partial charge on any atom is 0.120 e. The molecular weight excluding hydrogens is 361 g/mol. The lowest BCUT2D eigenvalue weighted by Crippen LogP contribution is -1.87. The predicted molar refractivity (Wildman–Crippen MR) is 105 cm³/mol. The van der Waals surface area contributed by atoms with Crippen LogP contribution >= 0.6 is 23.2 Å². The molecule has 0 saturated carbocycles. The van der Waals surface area contributed by atoms with Gasteiger partial charge < -0.3 is 14.6 Å². The van der Waals surface area contributed by atoms with Gasteiger partial charge in [0, 0.05) is 10.0 Å². The van der Waals surface area contributed by atoms with E-state index < -0.39 is 0 Å². The van der Waals surface area contributed by atoms with Crippen molar-refractivity contribution in [3.8, 4) is 17.6 Å². The normalized spacial score (nSPS) is 8.64. The van der Waals surface area contributed by atoms with Crippen LogP contribution in [0, 0.1) is 11.3 Å². The monoisotopic (exact) mass is 385 g/mol. The number of hydrogen-bond acceptors (Lipinski definition) is 4. The van der Waals surface area contributed by atoms with Crippen LogP contribution < -0.4 is 9.47 Å². The van der Waals surface area contributed by atoms with E-state index in [-0.39, 0.29) is 21.5 Å². The number of aliphatic hydroxyl groups is 1. The largest absolute Gasteiger partial charge is 0.497 e. The summed E-state index contributed by atoms with van der Waals surface area (Å²) in [5, 5.41) is 18.4. The summed E-state index contributed by atoms with van der Waals surface area (Å²) in [6, 6.07) is 12.5. The minimum atomic E-state index is -0.0169. The summed E-state index contributed by atoms with van der Waals surface area (Å²) in [6.45, 7) is -0.0169. The van der Waals surface area contributed by atoms with Crippen LogP contribution in [0.25, 0.3) is 0 Å². The van der Waals surface area contributed by atoms with Gasteiger partial charge in [-0.1, -0.05) is 38.1 Å². The van der Waals surface area contributed by atoms with E-state index in [1.54, 1.807) is 50.6 Å². The van der Waals surface area contributed by atoms with Crippen LogP contribution in [-0.4, -0.2) is 19.3 Å². The minimum absolute atomic E-state index is 0. The second-order valence-corrected chi connectivity index (χ2v) is 5.36. The maximum absolute atomic E-state index is 8.77. The lowest BCUT2D eigenvalue weighted by molar-refractivity contribution is 0.281. The standard InChI is InChI=1S/C9H8ClNO.C8H9ClO2.2CH4/c1-12-9-5-7(2-3-11)4-8(10)6-9;1-11-8-3-6(5-10)2-7(9)4-8;;/h4-6H,2H2,1H3;2-4,10H,5H2,1H3;2*1H4. The number of hydrogen-bond donors (Lipinski definition) is 1. The van der Waals surface area contributed by atoms with Crippen LogP contribution in [0.15, 0.2) is 36.4 Å². The molecule has 0 heterocycles. The van der Waals surface area contributed by atoms with Gasteiger partial charge in [-0.25, -0.2) is 0 Å². The van der Waals surface area contributed by atoms with Crippen molar-refractivity contribution < 1.29 is 14.6 Å². The number of ether oxygens (including phenoxy) is 2. The third-order valence-electron chi connectivity index (χ3n) is 2.80. The van der Waals surface area contributed by atoms with E-state index in [1.807, 2.05) is 6.07 Å². The molecule has 1 N–H and O–H groups in total. The summed E-state index contributed by atoms with van der Waals surface area (Å²) in [4.78, 5) is 0. The van der Waals surface area contributed by atoms with E-state index in [0.29, 0.717) is 28.0 Å². The van der Waals surface area contributed by atoms with Crippen molar-refractivity contribution in [3.63, 3.8) is 0 Å². The fraction of sp³-hybridized carbons (Fsp3) is 0.316. The predicted octanol–water partition coefficient (Wildman–Crippen LogP) is 5.53. The molecule has 0 fully saturated rings. The molecule has 0 spiro atoms. The van der Waals surface area contributed by atoms with Gasteiger partial charge in [-0.05, 0) is 47.5 Å². The fourth-order valence-electron chi connectivity index (χ4n) is 1.76. The van der Waals surface area contributed by atoms with Gasteiger partial charge in [-0.15, -0.1) is 0 Å². The Kier molecular flexibility index (Phi) is 13.5. The maximum atomic E-state index is 8.77. The van der Waals surface area contributed by atoms with E-state index in [9.17, 15) is 0 Å². The SMILES string of the molecule is C.C.COc1cc(Cl)cc(CC#N)c1.COc1cc(Cl)cc(CO)c1. The number of nitrogens with zero attached hydrogens (tertiary/aromatic N) is 1. The average Bonchev–Trinajstić information content (AvgIpc) is 2.54. The van der Waals surface area contributed by atoms with Crippen molar-refractivity contribution >= 4 is 23.2 Å². The molecule has 0 bridgehead atoms. The van der Waals surface area contributed by atoms with Crippen molar-refractivity contribution in [2.45, 2.75) is 27.9 Å². The quantitative estimate of drug-likeness (QED) is 0.751. The van der Waals surface area contributed by atoms with Gasteiger partial charge in [0.1, 0.15) is 11.5 Å². The molecule has 0 saturated heterocycles. The molecule has 2 rings (SSSR count). The van der Waals surface area contributed by atoms with Crippen LogP contribution in [0.5, 0.6) is 11.5 Å². The Morgan fingerprint density at radius 2 is 1.32 bits per heavy atom. The highest BCUT2D eigenvalue weighted by Gasteiger charge is 1.99. The van der Waals surface area contributed by atoms with E-state index in [2.05, 4.69) is 0 Å². The summed E-state index contributed by atoms with van der Waals surface area (Å²) < 4.78 is 9.93. The summed E-state index contributed by atoms with van der Waals surface area (Å²) in [6.07, 6.45) is 0.358. The van der Waals surface area contributed by atoms with Crippen molar-refractivity contribution in [3.05, 3.63) is 57.6 Å². The van der Waals surface area contributed by atoms with Gasteiger partial charge in [-0.3, -0.25) is 0 Å². The third kappa shape index (κ3) is 9.21. The molecule has 0 amide bonds. The molecule has 0 atom stereocenters. The van der Waals surface area contributed by atoms with Gasteiger partial charge in [0.15, 0.2) is 0 Å². The summed E-state index contributed by atoms with van der Waals surface area (Å²) in [5.74, 6) is 1.36. The van der Waals surface area contributed by atoms with Gasteiger partial charge in [0.2, 0.25) is 0 Å². The molecular formula is C19H25Cl2NO3. The topological polar surface area (TPSA) is 62.5 Å². The van der Waals surface area contributed by atoms with Crippen LogP contribution in [0.3, 0.4) is 0 Å². The van der Waals surface area contributed by atoms with Crippen molar-refractivity contribution in [1.29, 1.82) is 5.26 Å². The zero-order valence-corrected chi connectivity index (χ0v) is 14.4. The number of methoxy groups -OCH3 is 2. The lowest BCUT2D eigenvalue weighted by Gasteiger charge is -2.02. The first-order valence-electron chi connectivity index (χ1n) is 6.67.